The van der Waals surface area contributed by atoms with Crippen molar-refractivity contribution in [3.8, 4) is 0 Å². The molecule has 0 spiro atoms. The first-order valence-corrected chi connectivity index (χ1v) is 4.77. The average Bonchev–Trinajstić information content (AvgIpc) is 2.04. The summed E-state index contributed by atoms with van der Waals surface area (Å²) in [5.41, 5.74) is 0. The minimum absolute atomic E-state index is 0.632. The Morgan fingerprint density at radius 3 is 2.17 bits per heavy atom. The molecule has 3 nitrogen and oxygen atoms in total. The number of rotatable bonds is 2. The molecular weight excluding hydrogens is 150 g/mol. The van der Waals surface area contributed by atoms with E-state index >= 15 is 0 Å². The van der Waals surface area contributed by atoms with Gasteiger partial charge in [0.15, 0.2) is 0 Å². The predicted octanol–water partition coefficient (Wildman–Crippen LogP) is -0.0562. The molecule has 0 aliphatic carbocycles. The van der Waals surface area contributed by atoms with Crippen molar-refractivity contribution >= 4 is 0 Å². The van der Waals surface area contributed by atoms with Gasteiger partial charge < -0.3 is 9.80 Å². The summed E-state index contributed by atoms with van der Waals surface area (Å²) in [4.78, 5) is 2.31. The number of nitrogens with zero attached hydrogens (tertiary/aromatic N) is 2. The van der Waals surface area contributed by atoms with E-state index in [-0.39, 0.29) is 0 Å². The molecule has 1 fully saturated rings. The first kappa shape index (κ1) is 9.96. The highest BCUT2D eigenvalue weighted by molar-refractivity contribution is 4.59. The van der Waals surface area contributed by atoms with Gasteiger partial charge in [0.25, 0.3) is 0 Å². The van der Waals surface area contributed by atoms with E-state index in [0.29, 0.717) is 6.17 Å². The third-order valence-corrected chi connectivity index (χ3v) is 3.25. The van der Waals surface area contributed by atoms with Gasteiger partial charge in [0.2, 0.25) is 0 Å². The highest BCUT2D eigenvalue weighted by Gasteiger charge is 2.31. The Hall–Kier alpha value is -0.120. The molecule has 0 bridgehead atoms. The summed E-state index contributed by atoms with van der Waals surface area (Å²) in [6.45, 7) is 7.13. The van der Waals surface area contributed by atoms with E-state index < -0.39 is 0 Å². The van der Waals surface area contributed by atoms with Crippen LogP contribution in [0.3, 0.4) is 0 Å². The van der Waals surface area contributed by atoms with E-state index in [2.05, 4.69) is 38.3 Å². The summed E-state index contributed by atoms with van der Waals surface area (Å²) in [7, 11) is 6.68. The lowest BCUT2D eigenvalue weighted by atomic mass is 10.2. The van der Waals surface area contributed by atoms with Crippen LogP contribution >= 0.6 is 0 Å². The van der Waals surface area contributed by atoms with Crippen molar-refractivity contribution < 1.29 is 4.48 Å². The largest absolute Gasteiger partial charge is 0.309 e. The fourth-order valence-corrected chi connectivity index (χ4v) is 1.84. The molecule has 1 atom stereocenters. The highest BCUT2D eigenvalue weighted by Crippen LogP contribution is 2.12. The van der Waals surface area contributed by atoms with Crippen LogP contribution in [0.25, 0.3) is 0 Å². The number of hydrogen-bond acceptors (Lipinski definition) is 2. The van der Waals surface area contributed by atoms with Crippen LogP contribution in [-0.2, 0) is 0 Å². The molecule has 0 aromatic rings. The molecule has 0 radical (unpaired) electrons. The Morgan fingerprint density at radius 1 is 1.25 bits per heavy atom. The summed E-state index contributed by atoms with van der Waals surface area (Å²) in [5, 5.41) is 3.40. The molecule has 72 valence electrons. The van der Waals surface area contributed by atoms with Crippen LogP contribution in [0.15, 0.2) is 0 Å². The number of piperazine rings is 1. The summed E-state index contributed by atoms with van der Waals surface area (Å²) in [6, 6.07) is 0. The SMILES string of the molecule is CC(N(C)C)[N+]1(C)CCNCC1. The van der Waals surface area contributed by atoms with Gasteiger partial charge in [0.05, 0.1) is 20.1 Å². The Balaban J connectivity index is 2.56. The Kier molecular flexibility index (Phi) is 3.09. The van der Waals surface area contributed by atoms with E-state index in [0.717, 1.165) is 13.1 Å². The van der Waals surface area contributed by atoms with Gasteiger partial charge in [-0.05, 0) is 14.1 Å². The van der Waals surface area contributed by atoms with Gasteiger partial charge in [-0.3, -0.25) is 4.90 Å². The predicted molar refractivity (Wildman–Crippen MR) is 51.9 cm³/mol. The van der Waals surface area contributed by atoms with Gasteiger partial charge >= 0.3 is 0 Å². The van der Waals surface area contributed by atoms with Crippen LogP contribution in [0.4, 0.5) is 0 Å². The molecule has 0 saturated carbocycles. The van der Waals surface area contributed by atoms with Crippen molar-refractivity contribution in [1.29, 1.82) is 0 Å². The van der Waals surface area contributed by atoms with Gasteiger partial charge in [-0.2, -0.15) is 0 Å². The van der Waals surface area contributed by atoms with Crippen molar-refractivity contribution in [2.45, 2.75) is 13.1 Å². The average molecular weight is 172 g/mol. The summed E-state index contributed by atoms with van der Waals surface area (Å²) in [5.74, 6) is 0. The van der Waals surface area contributed by atoms with Gasteiger partial charge in [0, 0.05) is 20.0 Å². The summed E-state index contributed by atoms with van der Waals surface area (Å²) in [6.07, 6.45) is 0.632. The van der Waals surface area contributed by atoms with Gasteiger partial charge in [-0.1, -0.05) is 0 Å². The molecule has 1 saturated heterocycles. The molecule has 0 amide bonds. The van der Waals surface area contributed by atoms with Crippen molar-refractivity contribution in [2.24, 2.45) is 0 Å². The minimum atomic E-state index is 0.632. The zero-order valence-electron chi connectivity index (χ0n) is 8.80. The van der Waals surface area contributed by atoms with E-state index in [4.69, 9.17) is 0 Å². The third-order valence-electron chi connectivity index (χ3n) is 3.25. The molecule has 1 rings (SSSR count). The number of hydrogen-bond donors (Lipinski definition) is 1. The molecule has 1 heterocycles. The van der Waals surface area contributed by atoms with Crippen molar-refractivity contribution in [3.05, 3.63) is 0 Å². The smallest absolute Gasteiger partial charge is 0.141 e. The van der Waals surface area contributed by atoms with Crippen molar-refractivity contribution in [3.63, 3.8) is 0 Å². The second-order valence-electron chi connectivity index (χ2n) is 4.27. The zero-order chi connectivity index (χ0) is 9.19. The normalized spacial score (nSPS) is 25.8. The van der Waals surface area contributed by atoms with E-state index in [1.54, 1.807) is 0 Å². The maximum atomic E-state index is 3.40. The van der Waals surface area contributed by atoms with Gasteiger partial charge in [-0.15, -0.1) is 0 Å². The van der Waals surface area contributed by atoms with Crippen molar-refractivity contribution in [2.75, 3.05) is 47.3 Å². The topological polar surface area (TPSA) is 15.3 Å². The second kappa shape index (κ2) is 3.73. The first-order valence-electron chi connectivity index (χ1n) is 4.77. The molecule has 3 heteroatoms. The molecule has 0 aromatic heterocycles. The van der Waals surface area contributed by atoms with Crippen LogP contribution in [0.2, 0.25) is 0 Å². The maximum absolute atomic E-state index is 3.40. The van der Waals surface area contributed by atoms with Gasteiger partial charge in [0.1, 0.15) is 6.17 Å². The van der Waals surface area contributed by atoms with Crippen molar-refractivity contribution in [1.82, 2.24) is 10.2 Å². The van der Waals surface area contributed by atoms with E-state index in [1.165, 1.54) is 17.6 Å². The number of nitrogens with one attached hydrogen (secondary N) is 1. The molecule has 1 unspecified atom stereocenters. The van der Waals surface area contributed by atoms with Crippen LogP contribution < -0.4 is 5.32 Å². The first-order chi connectivity index (χ1) is 5.56. The summed E-state index contributed by atoms with van der Waals surface area (Å²) >= 11 is 0. The molecular formula is C9H22N3+. The quantitative estimate of drug-likeness (QED) is 0.587. The lowest BCUT2D eigenvalue weighted by Crippen LogP contribution is -2.63. The van der Waals surface area contributed by atoms with Gasteiger partial charge in [-0.25, -0.2) is 0 Å². The number of likely N-dealkylation sites (N-methyl/N-ethyl adjacent to an activating group) is 1. The Bertz CT molecular complexity index is 139. The van der Waals surface area contributed by atoms with E-state index in [9.17, 15) is 0 Å². The monoisotopic (exact) mass is 172 g/mol. The van der Waals surface area contributed by atoms with Crippen LogP contribution in [-0.4, -0.2) is 62.9 Å². The highest BCUT2D eigenvalue weighted by atomic mass is 15.5. The molecule has 0 aromatic carbocycles. The molecule has 1 N–H and O–H groups in total. The lowest BCUT2D eigenvalue weighted by Gasteiger charge is -2.45. The van der Waals surface area contributed by atoms with Crippen LogP contribution in [0.5, 0.6) is 0 Å². The summed E-state index contributed by atoms with van der Waals surface area (Å²) < 4.78 is 1.18. The van der Waals surface area contributed by atoms with E-state index in [1.807, 2.05) is 0 Å². The zero-order valence-corrected chi connectivity index (χ0v) is 8.80. The van der Waals surface area contributed by atoms with Crippen LogP contribution in [0, 0.1) is 0 Å². The maximum Gasteiger partial charge on any atom is 0.141 e. The second-order valence-corrected chi connectivity index (χ2v) is 4.27. The standard InChI is InChI=1S/C9H22N3/c1-9(11(2)3)12(4)7-5-10-6-8-12/h9-10H,5-8H2,1-4H3/q+1. The number of quaternary nitrogens is 1. The minimum Gasteiger partial charge on any atom is -0.309 e. The third kappa shape index (κ3) is 1.97. The molecule has 1 aliphatic heterocycles. The fourth-order valence-electron chi connectivity index (χ4n) is 1.84. The fraction of sp³-hybridized carbons (Fsp3) is 1.00. The molecule has 12 heavy (non-hydrogen) atoms. The lowest BCUT2D eigenvalue weighted by molar-refractivity contribution is -0.943. The molecule has 1 aliphatic rings. The van der Waals surface area contributed by atoms with Crippen LogP contribution in [0.1, 0.15) is 6.92 Å². The Morgan fingerprint density at radius 2 is 1.75 bits per heavy atom. The Labute approximate surface area is 75.9 Å².